The van der Waals surface area contributed by atoms with E-state index in [-0.39, 0.29) is 11.7 Å². The fourth-order valence-corrected chi connectivity index (χ4v) is 5.54. The van der Waals surface area contributed by atoms with Crippen LogP contribution in [0.25, 0.3) is 5.76 Å². The van der Waals surface area contributed by atoms with Crippen LogP contribution in [-0.2, 0) is 22.6 Å². The number of likely N-dealkylation sites (tertiary alicyclic amines) is 1. The van der Waals surface area contributed by atoms with Crippen molar-refractivity contribution in [2.24, 2.45) is 5.92 Å². The summed E-state index contributed by atoms with van der Waals surface area (Å²) in [6.45, 7) is 10.0. The van der Waals surface area contributed by atoms with Crippen LogP contribution in [0.3, 0.4) is 0 Å². The van der Waals surface area contributed by atoms with E-state index in [9.17, 15) is 14.7 Å². The molecule has 2 unspecified atom stereocenters. The largest absolute Gasteiger partial charge is 0.872 e. The van der Waals surface area contributed by atoms with Gasteiger partial charge in [-0.05, 0) is 67.1 Å². The number of aryl methyl sites for hydroxylation is 1. The smallest absolute Gasteiger partial charge is 0.295 e. The first-order chi connectivity index (χ1) is 20.3. The zero-order valence-corrected chi connectivity index (χ0v) is 24.7. The molecule has 1 saturated heterocycles. The van der Waals surface area contributed by atoms with Crippen molar-refractivity contribution in [1.29, 1.82) is 0 Å². The molecule has 0 saturated carbocycles. The lowest BCUT2D eigenvalue weighted by Gasteiger charge is -2.28. The first-order valence-corrected chi connectivity index (χ1v) is 14.7. The Hall–Kier alpha value is -4.27. The number of amides is 1. The summed E-state index contributed by atoms with van der Waals surface area (Å²) in [6, 6.07) is 9.80. The Morgan fingerprint density at radius 1 is 1.17 bits per heavy atom. The quantitative estimate of drug-likeness (QED) is 0.153. The Labute approximate surface area is 246 Å². The highest BCUT2D eigenvalue weighted by Gasteiger charge is 2.44. The molecule has 1 N–H and O–H groups in total. The zero-order chi connectivity index (χ0) is 29.8. The van der Waals surface area contributed by atoms with Gasteiger partial charge in [-0.1, -0.05) is 31.7 Å². The van der Waals surface area contributed by atoms with Gasteiger partial charge in [0.15, 0.2) is 11.5 Å². The fraction of sp³-hybridized carbons (Fsp3) is 0.424. The minimum Gasteiger partial charge on any atom is -0.872 e. The molecule has 2 aliphatic rings. The number of benzene rings is 2. The second-order valence-corrected chi connectivity index (χ2v) is 11.3. The number of carbonyl (C=O) groups is 2. The van der Waals surface area contributed by atoms with Crippen LogP contribution in [0.5, 0.6) is 17.2 Å². The molecule has 9 heteroatoms. The minimum atomic E-state index is -0.846. The first kappa shape index (κ1) is 29.2. The SMILES string of the molecule is CCOc1cc(C2C(=C([O-])c3ccc4c(c3)CC(C)O4)C(=O)C(=O)N2CCC[n+]2cc[nH]c2)ccc1OCCC(C)C. The van der Waals surface area contributed by atoms with E-state index in [4.69, 9.17) is 14.2 Å². The average molecular weight is 574 g/mol. The van der Waals surface area contributed by atoms with Gasteiger partial charge in [-0.2, -0.15) is 0 Å². The van der Waals surface area contributed by atoms with E-state index in [2.05, 4.69) is 18.8 Å². The number of hydrogen-bond donors (Lipinski definition) is 1. The van der Waals surface area contributed by atoms with Gasteiger partial charge in [0.1, 0.15) is 24.2 Å². The van der Waals surface area contributed by atoms with Crippen LogP contribution in [0.15, 0.2) is 60.7 Å². The number of hydrogen-bond acceptors (Lipinski definition) is 6. The van der Waals surface area contributed by atoms with E-state index in [1.54, 1.807) is 30.3 Å². The average Bonchev–Trinajstić information content (AvgIpc) is 3.67. The number of imidazole rings is 1. The monoisotopic (exact) mass is 573 g/mol. The molecule has 2 atom stereocenters. The van der Waals surface area contributed by atoms with Gasteiger partial charge in [0, 0.05) is 25.0 Å². The number of aromatic amines is 1. The highest BCUT2D eigenvalue weighted by molar-refractivity contribution is 6.46. The molecular weight excluding hydrogens is 534 g/mol. The van der Waals surface area contributed by atoms with Gasteiger partial charge >= 0.3 is 0 Å². The highest BCUT2D eigenvalue weighted by atomic mass is 16.5. The summed E-state index contributed by atoms with van der Waals surface area (Å²) in [4.78, 5) is 31.5. The van der Waals surface area contributed by atoms with Gasteiger partial charge < -0.3 is 24.2 Å². The first-order valence-electron chi connectivity index (χ1n) is 14.7. The van der Waals surface area contributed by atoms with E-state index in [1.807, 2.05) is 43.2 Å². The summed E-state index contributed by atoms with van der Waals surface area (Å²) < 4.78 is 19.7. The second kappa shape index (κ2) is 12.7. The molecule has 2 aliphatic heterocycles. The number of ketones is 1. The third-order valence-corrected chi connectivity index (χ3v) is 7.64. The zero-order valence-electron chi connectivity index (χ0n) is 24.7. The molecule has 3 heterocycles. The van der Waals surface area contributed by atoms with E-state index in [1.165, 1.54) is 4.90 Å². The Kier molecular flexibility index (Phi) is 8.85. The maximum atomic E-state index is 14.0. The molecule has 3 aromatic rings. The predicted octanol–water partition coefficient (Wildman–Crippen LogP) is 3.76. The van der Waals surface area contributed by atoms with Crippen LogP contribution in [0.4, 0.5) is 0 Å². The maximum Gasteiger partial charge on any atom is 0.295 e. The molecular formula is C33H39N3O6. The van der Waals surface area contributed by atoms with Gasteiger partial charge in [-0.15, -0.1) is 0 Å². The lowest BCUT2D eigenvalue weighted by molar-refractivity contribution is -0.695. The van der Waals surface area contributed by atoms with Crippen molar-refractivity contribution >= 4 is 17.4 Å². The molecule has 0 aliphatic carbocycles. The van der Waals surface area contributed by atoms with Crippen molar-refractivity contribution < 1.29 is 33.5 Å². The molecule has 1 fully saturated rings. The standard InChI is InChI=1S/C33H39N3O6/c1-5-40-28-19-23(7-10-27(28)41-16-11-21(2)3)30-29(31(37)24-8-9-26-25(18-24)17-22(4)42-26)32(38)33(39)36(30)14-6-13-35-15-12-34-20-35/h7-10,12,15,18-22,30H,5-6,11,13-14,16-17H2,1-4H3,(H,37,38). The number of H-pyrrole nitrogens is 1. The van der Waals surface area contributed by atoms with Gasteiger partial charge in [0.05, 0.1) is 25.8 Å². The predicted molar refractivity (Wildman–Crippen MR) is 155 cm³/mol. The lowest BCUT2D eigenvalue weighted by Crippen LogP contribution is -2.36. The van der Waals surface area contributed by atoms with Crippen LogP contribution >= 0.6 is 0 Å². The number of fused-ring (bicyclic) bond motifs is 1. The third-order valence-electron chi connectivity index (χ3n) is 7.64. The molecule has 0 radical (unpaired) electrons. The van der Waals surface area contributed by atoms with Crippen LogP contribution in [0, 0.1) is 5.92 Å². The number of ether oxygens (including phenoxy) is 3. The second-order valence-electron chi connectivity index (χ2n) is 11.3. The molecule has 5 rings (SSSR count). The van der Waals surface area contributed by atoms with Crippen molar-refractivity contribution in [2.45, 2.75) is 65.6 Å². The third kappa shape index (κ3) is 6.15. The van der Waals surface area contributed by atoms with E-state index in [0.717, 1.165) is 17.7 Å². The molecule has 42 heavy (non-hydrogen) atoms. The summed E-state index contributed by atoms with van der Waals surface area (Å²) in [5, 5.41) is 14.0. The van der Waals surface area contributed by atoms with E-state index in [0.29, 0.717) is 67.7 Å². The molecule has 9 nitrogen and oxygen atoms in total. The summed E-state index contributed by atoms with van der Waals surface area (Å²) in [6.07, 6.45) is 7.75. The van der Waals surface area contributed by atoms with Gasteiger partial charge in [0.2, 0.25) is 12.1 Å². The van der Waals surface area contributed by atoms with E-state index >= 15 is 0 Å². The van der Waals surface area contributed by atoms with Gasteiger partial charge in [-0.25, -0.2) is 4.57 Å². The van der Waals surface area contributed by atoms with Crippen LogP contribution in [0.1, 0.15) is 63.3 Å². The highest BCUT2D eigenvalue weighted by Crippen LogP contribution is 2.42. The Balaban J connectivity index is 1.53. The Bertz CT molecular complexity index is 1460. The van der Waals surface area contributed by atoms with Crippen LogP contribution in [0.2, 0.25) is 0 Å². The van der Waals surface area contributed by atoms with Crippen molar-refractivity contribution in [3.8, 4) is 17.2 Å². The summed E-state index contributed by atoms with van der Waals surface area (Å²) >= 11 is 0. The van der Waals surface area contributed by atoms with E-state index < -0.39 is 23.5 Å². The molecule has 2 aromatic carbocycles. The lowest BCUT2D eigenvalue weighted by atomic mass is 9.94. The molecule has 0 spiro atoms. The summed E-state index contributed by atoms with van der Waals surface area (Å²) in [7, 11) is 0. The number of nitrogens with zero attached hydrogens (tertiary/aromatic N) is 2. The molecule has 0 bridgehead atoms. The summed E-state index contributed by atoms with van der Waals surface area (Å²) in [5.41, 5.74) is 1.88. The van der Waals surface area contributed by atoms with Crippen molar-refractivity contribution in [1.82, 2.24) is 9.88 Å². The Morgan fingerprint density at radius 2 is 2.00 bits per heavy atom. The normalized spacial score (nSPS) is 19.3. The van der Waals surface area contributed by atoms with Crippen LogP contribution < -0.4 is 23.9 Å². The summed E-state index contributed by atoms with van der Waals surface area (Å²) in [5.74, 6) is 0.462. The maximum absolute atomic E-state index is 14.0. The minimum absolute atomic E-state index is 0.0205. The molecule has 1 aromatic heterocycles. The Morgan fingerprint density at radius 3 is 2.74 bits per heavy atom. The molecule has 1 amide bonds. The molecule has 222 valence electrons. The van der Waals surface area contributed by atoms with Gasteiger partial charge in [0.25, 0.3) is 5.91 Å². The number of Topliss-reactive ketones (excluding diaryl/α,β-unsaturated/α-hetero) is 1. The number of nitrogens with one attached hydrogen (secondary N) is 1. The number of rotatable bonds is 12. The number of aromatic nitrogens is 2. The number of carbonyl (C=O) groups excluding carboxylic acids is 2. The van der Waals surface area contributed by atoms with Crippen LogP contribution in [-0.4, -0.2) is 47.4 Å². The van der Waals surface area contributed by atoms with Crippen molar-refractivity contribution in [3.05, 3.63) is 77.4 Å². The van der Waals surface area contributed by atoms with Crippen molar-refractivity contribution in [2.75, 3.05) is 19.8 Å². The van der Waals surface area contributed by atoms with Crippen molar-refractivity contribution in [3.63, 3.8) is 0 Å². The topological polar surface area (TPSA) is 108 Å². The fourth-order valence-electron chi connectivity index (χ4n) is 5.54. The van der Waals surface area contributed by atoms with Gasteiger partial charge in [-0.3, -0.25) is 14.6 Å².